The van der Waals surface area contributed by atoms with E-state index in [0.29, 0.717) is 31.6 Å². The highest BCUT2D eigenvalue weighted by Gasteiger charge is 2.51. The fraction of sp³-hybridized carbons (Fsp3) is 0.526. The zero-order valence-electron chi connectivity index (χ0n) is 15.1. The van der Waals surface area contributed by atoms with E-state index in [1.54, 1.807) is 12.1 Å². The van der Waals surface area contributed by atoms with E-state index in [1.165, 1.54) is 4.90 Å². The van der Waals surface area contributed by atoms with Crippen LogP contribution in [0.5, 0.6) is 0 Å². The second-order valence-corrected chi connectivity index (χ2v) is 8.34. The van der Waals surface area contributed by atoms with Crippen molar-refractivity contribution < 1.29 is 19.1 Å². The minimum Gasteiger partial charge on any atom is -0.381 e. The molecule has 8 heteroatoms. The molecule has 3 saturated heterocycles. The first-order valence-corrected chi connectivity index (χ1v) is 10.4. The van der Waals surface area contributed by atoms with Gasteiger partial charge >= 0.3 is 6.03 Å². The third-order valence-corrected chi connectivity index (χ3v) is 6.37. The highest BCUT2D eigenvalue weighted by Crippen LogP contribution is 2.29. The van der Waals surface area contributed by atoms with Crippen LogP contribution in [0.15, 0.2) is 24.3 Å². The van der Waals surface area contributed by atoms with Crippen LogP contribution in [-0.2, 0) is 16.1 Å². The summed E-state index contributed by atoms with van der Waals surface area (Å²) in [5, 5.41) is 2.86. The minimum absolute atomic E-state index is 0.0398. The first-order valence-electron chi connectivity index (χ1n) is 9.27. The Morgan fingerprint density at radius 1 is 1.11 bits per heavy atom. The highest BCUT2D eigenvalue weighted by atomic mass is 32.2. The van der Waals surface area contributed by atoms with E-state index in [9.17, 15) is 14.4 Å². The van der Waals surface area contributed by atoms with Crippen LogP contribution in [0.3, 0.4) is 0 Å². The van der Waals surface area contributed by atoms with Gasteiger partial charge in [-0.1, -0.05) is 12.1 Å². The van der Waals surface area contributed by atoms with Crippen molar-refractivity contribution in [3.05, 3.63) is 35.4 Å². The molecule has 1 spiro atoms. The summed E-state index contributed by atoms with van der Waals surface area (Å²) in [5.41, 5.74) is 0.662. The van der Waals surface area contributed by atoms with Crippen LogP contribution in [0.2, 0.25) is 0 Å². The molecule has 3 aliphatic rings. The van der Waals surface area contributed by atoms with Gasteiger partial charge in [0.1, 0.15) is 5.54 Å². The largest absolute Gasteiger partial charge is 0.381 e. The van der Waals surface area contributed by atoms with Gasteiger partial charge in [-0.2, -0.15) is 11.8 Å². The number of imide groups is 1. The van der Waals surface area contributed by atoms with Crippen molar-refractivity contribution in [2.24, 2.45) is 0 Å². The second-order valence-electron chi connectivity index (χ2n) is 7.12. The number of carbonyl (C=O) groups is 3. The van der Waals surface area contributed by atoms with Crippen molar-refractivity contribution in [2.75, 3.05) is 37.8 Å². The van der Waals surface area contributed by atoms with Gasteiger partial charge in [0.15, 0.2) is 0 Å². The molecule has 4 rings (SSSR count). The molecule has 1 aromatic rings. The Balaban J connectivity index is 1.43. The molecule has 7 nitrogen and oxygen atoms in total. The average Bonchev–Trinajstić information content (AvgIpc) is 2.93. The summed E-state index contributed by atoms with van der Waals surface area (Å²) < 4.78 is 5.32. The lowest BCUT2D eigenvalue weighted by Crippen LogP contribution is -2.51. The van der Waals surface area contributed by atoms with Crippen LogP contribution < -0.4 is 5.32 Å². The molecule has 3 heterocycles. The maximum atomic E-state index is 12.8. The predicted molar refractivity (Wildman–Crippen MR) is 102 cm³/mol. The summed E-state index contributed by atoms with van der Waals surface area (Å²) in [5.74, 6) is 1.81. The standard InChI is InChI=1S/C19H23N3O4S/c23-16(21-7-11-27-12-8-21)15-3-1-14(2-4-15)13-22-17(24)19(20-18(22)25)5-9-26-10-6-19/h1-4H,5-13H2,(H,20,25). The van der Waals surface area contributed by atoms with Crippen LogP contribution in [0.25, 0.3) is 0 Å². The molecule has 3 aliphatic heterocycles. The van der Waals surface area contributed by atoms with Crippen LogP contribution in [-0.4, -0.2) is 71.0 Å². The summed E-state index contributed by atoms with van der Waals surface area (Å²) >= 11 is 1.86. The second kappa shape index (κ2) is 7.52. The fourth-order valence-electron chi connectivity index (χ4n) is 3.76. The maximum absolute atomic E-state index is 12.8. The van der Waals surface area contributed by atoms with Crippen LogP contribution in [0.1, 0.15) is 28.8 Å². The van der Waals surface area contributed by atoms with Gasteiger partial charge in [0.05, 0.1) is 6.54 Å². The van der Waals surface area contributed by atoms with Crippen LogP contribution >= 0.6 is 11.8 Å². The molecule has 3 fully saturated rings. The van der Waals surface area contributed by atoms with E-state index < -0.39 is 5.54 Å². The van der Waals surface area contributed by atoms with Crippen molar-refractivity contribution in [3.8, 4) is 0 Å². The topological polar surface area (TPSA) is 79.0 Å². The molecule has 0 aliphatic carbocycles. The highest BCUT2D eigenvalue weighted by molar-refractivity contribution is 7.99. The van der Waals surface area contributed by atoms with E-state index >= 15 is 0 Å². The summed E-state index contributed by atoms with van der Waals surface area (Å²) in [7, 11) is 0. The molecule has 144 valence electrons. The minimum atomic E-state index is -0.808. The number of ether oxygens (including phenoxy) is 1. The number of hydrogen-bond donors (Lipinski definition) is 1. The average molecular weight is 389 g/mol. The summed E-state index contributed by atoms with van der Waals surface area (Å²) in [6.45, 7) is 2.72. The first-order chi connectivity index (χ1) is 13.1. The van der Waals surface area contributed by atoms with E-state index in [0.717, 1.165) is 30.2 Å². The van der Waals surface area contributed by atoms with Crippen molar-refractivity contribution >= 4 is 29.6 Å². The molecule has 1 aromatic carbocycles. The Morgan fingerprint density at radius 3 is 2.44 bits per heavy atom. The monoisotopic (exact) mass is 389 g/mol. The Hall–Kier alpha value is -2.06. The predicted octanol–water partition coefficient (Wildman–Crippen LogP) is 1.48. The van der Waals surface area contributed by atoms with Crippen molar-refractivity contribution in [2.45, 2.75) is 24.9 Å². The zero-order valence-corrected chi connectivity index (χ0v) is 15.9. The smallest absolute Gasteiger partial charge is 0.325 e. The summed E-state index contributed by atoms with van der Waals surface area (Å²) in [4.78, 5) is 40.8. The van der Waals surface area contributed by atoms with Gasteiger partial charge in [-0.05, 0) is 17.7 Å². The fourth-order valence-corrected chi connectivity index (χ4v) is 4.67. The van der Waals surface area contributed by atoms with E-state index in [-0.39, 0.29) is 24.4 Å². The number of hydrogen-bond acceptors (Lipinski definition) is 5. The molecular weight excluding hydrogens is 366 g/mol. The van der Waals surface area contributed by atoms with Gasteiger partial charge < -0.3 is 15.0 Å². The lowest BCUT2D eigenvalue weighted by molar-refractivity contribution is -0.134. The van der Waals surface area contributed by atoms with Gasteiger partial charge in [-0.25, -0.2) is 4.79 Å². The van der Waals surface area contributed by atoms with Crippen molar-refractivity contribution in [1.29, 1.82) is 0 Å². The first kappa shape index (κ1) is 18.3. The molecule has 0 radical (unpaired) electrons. The number of amides is 4. The SMILES string of the molecule is O=C(c1ccc(CN2C(=O)NC3(CCOCC3)C2=O)cc1)N1CCSCC1. The number of benzene rings is 1. The third kappa shape index (κ3) is 3.55. The molecule has 0 atom stereocenters. The van der Waals surface area contributed by atoms with Gasteiger partial charge in [-0.3, -0.25) is 14.5 Å². The number of thioether (sulfide) groups is 1. The number of nitrogens with zero attached hydrogens (tertiary/aromatic N) is 2. The van der Waals surface area contributed by atoms with Gasteiger partial charge in [0.2, 0.25) is 0 Å². The Morgan fingerprint density at radius 2 is 1.78 bits per heavy atom. The number of carbonyl (C=O) groups excluding carboxylic acids is 3. The number of urea groups is 1. The van der Waals surface area contributed by atoms with Gasteiger partial charge in [-0.15, -0.1) is 0 Å². The molecule has 4 amide bonds. The summed E-state index contributed by atoms with van der Waals surface area (Å²) in [6.07, 6.45) is 1.02. The quantitative estimate of drug-likeness (QED) is 0.792. The zero-order chi connectivity index (χ0) is 18.9. The lowest BCUT2D eigenvalue weighted by Gasteiger charge is -2.30. The van der Waals surface area contributed by atoms with Crippen molar-refractivity contribution in [1.82, 2.24) is 15.1 Å². The Labute approximate surface area is 162 Å². The number of rotatable bonds is 3. The Kier molecular flexibility index (Phi) is 5.10. The molecule has 1 N–H and O–H groups in total. The Bertz CT molecular complexity index is 740. The molecular formula is C19H23N3O4S. The number of nitrogens with one attached hydrogen (secondary N) is 1. The van der Waals surface area contributed by atoms with Crippen LogP contribution in [0.4, 0.5) is 4.79 Å². The normalized spacial score (nSPS) is 22.2. The maximum Gasteiger partial charge on any atom is 0.325 e. The van der Waals surface area contributed by atoms with Crippen molar-refractivity contribution in [3.63, 3.8) is 0 Å². The molecule has 0 saturated carbocycles. The van der Waals surface area contributed by atoms with E-state index in [2.05, 4.69) is 5.32 Å². The molecule has 0 bridgehead atoms. The lowest BCUT2D eigenvalue weighted by atomic mass is 9.90. The van der Waals surface area contributed by atoms with Crippen LogP contribution in [0, 0.1) is 0 Å². The van der Waals surface area contributed by atoms with E-state index in [4.69, 9.17) is 4.74 Å². The van der Waals surface area contributed by atoms with Gasteiger partial charge in [0.25, 0.3) is 11.8 Å². The molecule has 0 aromatic heterocycles. The van der Waals surface area contributed by atoms with Gasteiger partial charge in [0, 0.05) is 56.2 Å². The third-order valence-electron chi connectivity index (χ3n) is 5.43. The molecule has 0 unspecified atom stereocenters. The van der Waals surface area contributed by atoms with E-state index in [1.807, 2.05) is 28.8 Å². The summed E-state index contributed by atoms with van der Waals surface area (Å²) in [6, 6.07) is 6.85. The molecule has 27 heavy (non-hydrogen) atoms.